The van der Waals surface area contributed by atoms with Gasteiger partial charge >= 0.3 is 0 Å². The molecule has 1 aromatic heterocycles. The molecule has 0 unspecified atom stereocenters. The molecule has 0 atom stereocenters. The number of nitrogens with zero attached hydrogens (tertiary/aromatic N) is 1. The molecule has 20 heavy (non-hydrogen) atoms. The number of nitrogens with two attached hydrogens (primary N) is 1. The predicted molar refractivity (Wildman–Crippen MR) is 81.7 cm³/mol. The number of aromatic nitrogens is 2. The van der Waals surface area contributed by atoms with Gasteiger partial charge in [0.1, 0.15) is 11.6 Å². The highest BCUT2D eigenvalue weighted by molar-refractivity contribution is 5.80. The summed E-state index contributed by atoms with van der Waals surface area (Å²) in [5.74, 6) is 1.68. The van der Waals surface area contributed by atoms with E-state index in [4.69, 9.17) is 10.5 Å². The van der Waals surface area contributed by atoms with Crippen LogP contribution in [0.4, 0.5) is 5.69 Å². The first-order valence-corrected chi connectivity index (χ1v) is 6.64. The second kappa shape index (κ2) is 4.89. The molecule has 102 valence electrons. The van der Waals surface area contributed by atoms with Gasteiger partial charge in [0, 0.05) is 17.3 Å². The molecule has 0 amide bonds. The number of benzene rings is 2. The molecule has 3 rings (SSSR count). The summed E-state index contributed by atoms with van der Waals surface area (Å²) in [5, 5.41) is 0. The number of nitrogens with one attached hydrogen (secondary N) is 1. The molecule has 0 aliphatic heterocycles. The van der Waals surface area contributed by atoms with Gasteiger partial charge in [-0.15, -0.1) is 0 Å². The molecule has 0 radical (unpaired) electrons. The summed E-state index contributed by atoms with van der Waals surface area (Å²) < 4.78 is 5.69. The van der Waals surface area contributed by atoms with E-state index in [0.29, 0.717) is 0 Å². The highest BCUT2D eigenvalue weighted by Crippen LogP contribution is 2.24. The van der Waals surface area contributed by atoms with Crippen LogP contribution in [-0.4, -0.2) is 16.1 Å². The largest absolute Gasteiger partial charge is 0.491 e. The molecule has 3 aromatic rings. The van der Waals surface area contributed by atoms with Gasteiger partial charge in [0.05, 0.1) is 17.1 Å². The van der Waals surface area contributed by atoms with Crippen molar-refractivity contribution in [2.24, 2.45) is 0 Å². The predicted octanol–water partition coefficient (Wildman–Crippen LogP) is 3.60. The molecule has 0 fully saturated rings. The smallest absolute Gasteiger partial charge is 0.138 e. The zero-order chi connectivity index (χ0) is 14.1. The Morgan fingerprint density at radius 2 is 1.85 bits per heavy atom. The Kier molecular flexibility index (Phi) is 3.06. The van der Waals surface area contributed by atoms with E-state index in [9.17, 15) is 0 Å². The van der Waals surface area contributed by atoms with Crippen LogP contribution in [0.25, 0.3) is 22.4 Å². The number of hydrogen-bond acceptors (Lipinski definition) is 3. The Morgan fingerprint density at radius 3 is 2.55 bits per heavy atom. The summed E-state index contributed by atoms with van der Waals surface area (Å²) in [6.07, 6.45) is 0.159. The monoisotopic (exact) mass is 267 g/mol. The third-order valence-electron chi connectivity index (χ3n) is 3.01. The normalized spacial score (nSPS) is 11.2. The average molecular weight is 267 g/mol. The number of ether oxygens (including phenoxy) is 1. The number of fused-ring (bicyclic) bond motifs is 1. The number of nitrogen functional groups attached to an aromatic ring is 1. The lowest BCUT2D eigenvalue weighted by molar-refractivity contribution is 0.242. The summed E-state index contributed by atoms with van der Waals surface area (Å²) in [6.45, 7) is 4.02. The van der Waals surface area contributed by atoms with Crippen molar-refractivity contribution in [3.63, 3.8) is 0 Å². The Morgan fingerprint density at radius 1 is 1.10 bits per heavy atom. The molecule has 4 heteroatoms. The first-order chi connectivity index (χ1) is 9.61. The molecule has 3 N–H and O–H groups in total. The van der Waals surface area contributed by atoms with E-state index in [1.165, 1.54) is 0 Å². The number of hydrogen-bond donors (Lipinski definition) is 2. The van der Waals surface area contributed by atoms with Crippen LogP contribution >= 0.6 is 0 Å². The Balaban J connectivity index is 1.99. The topological polar surface area (TPSA) is 63.9 Å². The molecule has 0 saturated carbocycles. The van der Waals surface area contributed by atoms with Crippen molar-refractivity contribution < 1.29 is 4.74 Å². The van der Waals surface area contributed by atoms with Crippen molar-refractivity contribution >= 4 is 16.7 Å². The van der Waals surface area contributed by atoms with Crippen molar-refractivity contribution in [1.82, 2.24) is 9.97 Å². The summed E-state index contributed by atoms with van der Waals surface area (Å²) in [6, 6.07) is 13.5. The van der Waals surface area contributed by atoms with E-state index in [1.807, 2.05) is 56.3 Å². The van der Waals surface area contributed by atoms with Gasteiger partial charge in [-0.2, -0.15) is 0 Å². The van der Waals surface area contributed by atoms with Crippen LogP contribution in [0.3, 0.4) is 0 Å². The Hall–Kier alpha value is -2.49. The number of imidazole rings is 1. The van der Waals surface area contributed by atoms with Gasteiger partial charge in [-0.25, -0.2) is 4.98 Å². The van der Waals surface area contributed by atoms with Crippen molar-refractivity contribution in [1.29, 1.82) is 0 Å². The maximum absolute atomic E-state index is 5.70. The molecule has 0 bridgehead atoms. The lowest BCUT2D eigenvalue weighted by atomic mass is 10.2. The van der Waals surface area contributed by atoms with E-state index in [-0.39, 0.29) is 6.10 Å². The molecular formula is C16H17N3O. The maximum atomic E-state index is 5.70. The fourth-order valence-electron chi connectivity index (χ4n) is 2.11. The lowest BCUT2D eigenvalue weighted by Crippen LogP contribution is -2.05. The van der Waals surface area contributed by atoms with Gasteiger partial charge in [0.15, 0.2) is 0 Å². The molecule has 4 nitrogen and oxygen atoms in total. The van der Waals surface area contributed by atoms with Crippen molar-refractivity contribution in [2.45, 2.75) is 20.0 Å². The van der Waals surface area contributed by atoms with Crippen LogP contribution in [-0.2, 0) is 0 Å². The fourth-order valence-corrected chi connectivity index (χ4v) is 2.11. The van der Waals surface area contributed by atoms with Crippen LogP contribution in [0.5, 0.6) is 5.75 Å². The lowest BCUT2D eigenvalue weighted by Gasteiger charge is -2.08. The molecule has 0 aliphatic rings. The highest BCUT2D eigenvalue weighted by atomic mass is 16.5. The van der Waals surface area contributed by atoms with Gasteiger partial charge < -0.3 is 15.5 Å². The zero-order valence-electron chi connectivity index (χ0n) is 11.6. The second-order valence-electron chi connectivity index (χ2n) is 5.05. The van der Waals surface area contributed by atoms with Crippen molar-refractivity contribution in [2.75, 3.05) is 5.73 Å². The molecule has 1 heterocycles. The van der Waals surface area contributed by atoms with Crippen LogP contribution < -0.4 is 10.5 Å². The third-order valence-corrected chi connectivity index (χ3v) is 3.01. The SMILES string of the molecule is CC(C)Oc1ccc2nc(-c3ccc(N)cc3)[nH]c2c1. The first-order valence-electron chi connectivity index (χ1n) is 6.64. The minimum absolute atomic E-state index is 0.159. The fraction of sp³-hybridized carbons (Fsp3) is 0.188. The van der Waals surface area contributed by atoms with E-state index in [1.54, 1.807) is 0 Å². The number of H-pyrrole nitrogens is 1. The zero-order valence-corrected chi connectivity index (χ0v) is 11.6. The molecule has 2 aromatic carbocycles. The minimum Gasteiger partial charge on any atom is -0.491 e. The van der Waals surface area contributed by atoms with E-state index < -0.39 is 0 Å². The number of anilines is 1. The quantitative estimate of drug-likeness (QED) is 0.713. The average Bonchev–Trinajstić information content (AvgIpc) is 2.81. The standard InChI is InChI=1S/C16H17N3O/c1-10(2)20-13-7-8-14-15(9-13)19-16(18-14)11-3-5-12(17)6-4-11/h3-10H,17H2,1-2H3,(H,18,19). The summed E-state index contributed by atoms with van der Waals surface area (Å²) in [5.41, 5.74) is 9.35. The highest BCUT2D eigenvalue weighted by Gasteiger charge is 2.07. The van der Waals surface area contributed by atoms with Gasteiger partial charge in [0.2, 0.25) is 0 Å². The van der Waals surface area contributed by atoms with E-state index in [2.05, 4.69) is 9.97 Å². The van der Waals surface area contributed by atoms with Crippen LogP contribution in [0.1, 0.15) is 13.8 Å². The molecule has 0 aliphatic carbocycles. The molecule has 0 spiro atoms. The van der Waals surface area contributed by atoms with E-state index >= 15 is 0 Å². The molecule has 0 saturated heterocycles. The van der Waals surface area contributed by atoms with Gasteiger partial charge in [-0.3, -0.25) is 0 Å². The van der Waals surface area contributed by atoms with Crippen LogP contribution in [0.2, 0.25) is 0 Å². The Labute approximate surface area is 117 Å². The van der Waals surface area contributed by atoms with Crippen LogP contribution in [0.15, 0.2) is 42.5 Å². The van der Waals surface area contributed by atoms with Gasteiger partial charge in [0.25, 0.3) is 0 Å². The van der Waals surface area contributed by atoms with Crippen molar-refractivity contribution in [3.8, 4) is 17.1 Å². The minimum atomic E-state index is 0.159. The maximum Gasteiger partial charge on any atom is 0.138 e. The van der Waals surface area contributed by atoms with Crippen LogP contribution in [0, 0.1) is 0 Å². The van der Waals surface area contributed by atoms with E-state index in [0.717, 1.165) is 33.9 Å². The summed E-state index contributed by atoms with van der Waals surface area (Å²) >= 11 is 0. The van der Waals surface area contributed by atoms with Gasteiger partial charge in [-0.05, 0) is 50.2 Å². The van der Waals surface area contributed by atoms with Gasteiger partial charge in [-0.1, -0.05) is 0 Å². The summed E-state index contributed by atoms with van der Waals surface area (Å²) in [7, 11) is 0. The first kappa shape index (κ1) is 12.5. The molecular weight excluding hydrogens is 250 g/mol. The Bertz CT molecular complexity index is 729. The number of rotatable bonds is 3. The number of aromatic amines is 1. The second-order valence-corrected chi connectivity index (χ2v) is 5.05. The third kappa shape index (κ3) is 2.45. The van der Waals surface area contributed by atoms with Crippen molar-refractivity contribution in [3.05, 3.63) is 42.5 Å². The summed E-state index contributed by atoms with van der Waals surface area (Å²) in [4.78, 5) is 7.89.